The molecule has 90 valence electrons. The molecule has 2 unspecified atom stereocenters. The van der Waals surface area contributed by atoms with Crippen molar-refractivity contribution in [2.75, 3.05) is 13.7 Å². The van der Waals surface area contributed by atoms with Crippen LogP contribution in [0.3, 0.4) is 0 Å². The summed E-state index contributed by atoms with van der Waals surface area (Å²) in [6, 6.07) is -0.879. The van der Waals surface area contributed by atoms with Crippen molar-refractivity contribution in [1.29, 1.82) is 0 Å². The molecule has 3 N–H and O–H groups in total. The summed E-state index contributed by atoms with van der Waals surface area (Å²) in [4.78, 5) is 10.5. The van der Waals surface area contributed by atoms with Gasteiger partial charge in [-0.1, -0.05) is 5.21 Å². The first-order valence-corrected chi connectivity index (χ1v) is 4.92. The highest BCUT2D eigenvalue weighted by Gasteiger charge is 2.15. The van der Waals surface area contributed by atoms with Crippen molar-refractivity contribution in [2.45, 2.75) is 25.4 Å². The van der Waals surface area contributed by atoms with Crippen molar-refractivity contribution in [2.24, 2.45) is 5.73 Å². The number of carboxylic acid groups (broad SMARTS) is 1. The standard InChI is InChI=1S/C9H16N4O3/c1-6(5-16-2)13-4-7(11-12-13)3-8(10)9(14)15/h4,6,8H,3,5,10H2,1-2H3,(H,14,15). The van der Waals surface area contributed by atoms with Crippen molar-refractivity contribution < 1.29 is 14.6 Å². The molecular formula is C9H16N4O3. The van der Waals surface area contributed by atoms with Crippen LogP contribution in [0.2, 0.25) is 0 Å². The number of aliphatic carboxylic acids is 1. The lowest BCUT2D eigenvalue weighted by Gasteiger charge is -2.08. The molecule has 0 bridgehead atoms. The Morgan fingerprint density at radius 2 is 2.44 bits per heavy atom. The number of methoxy groups -OCH3 is 1. The molecule has 1 aromatic rings. The van der Waals surface area contributed by atoms with Gasteiger partial charge in [0, 0.05) is 19.7 Å². The van der Waals surface area contributed by atoms with Gasteiger partial charge in [0.25, 0.3) is 0 Å². The van der Waals surface area contributed by atoms with Crippen LogP contribution in [0.25, 0.3) is 0 Å². The number of aromatic nitrogens is 3. The SMILES string of the molecule is COCC(C)n1cc(CC(N)C(=O)O)nn1. The molecule has 0 spiro atoms. The first-order chi connectivity index (χ1) is 7.54. The zero-order chi connectivity index (χ0) is 12.1. The molecule has 0 aliphatic heterocycles. The van der Waals surface area contributed by atoms with Gasteiger partial charge >= 0.3 is 5.97 Å². The molecular weight excluding hydrogens is 212 g/mol. The zero-order valence-electron chi connectivity index (χ0n) is 9.33. The fraction of sp³-hybridized carbons (Fsp3) is 0.667. The van der Waals surface area contributed by atoms with Crippen LogP contribution in [0.4, 0.5) is 0 Å². The van der Waals surface area contributed by atoms with E-state index >= 15 is 0 Å². The van der Waals surface area contributed by atoms with E-state index < -0.39 is 12.0 Å². The average molecular weight is 228 g/mol. The number of nitrogens with zero attached hydrogens (tertiary/aromatic N) is 3. The molecule has 1 aromatic heterocycles. The zero-order valence-corrected chi connectivity index (χ0v) is 9.33. The maximum Gasteiger partial charge on any atom is 0.320 e. The Labute approximate surface area is 93.2 Å². The summed E-state index contributed by atoms with van der Waals surface area (Å²) in [5, 5.41) is 16.4. The lowest BCUT2D eigenvalue weighted by molar-refractivity contribution is -0.138. The van der Waals surface area contributed by atoms with Crippen LogP contribution in [-0.4, -0.2) is 45.8 Å². The van der Waals surface area contributed by atoms with Crippen molar-refractivity contribution in [1.82, 2.24) is 15.0 Å². The highest BCUT2D eigenvalue weighted by atomic mass is 16.5. The van der Waals surface area contributed by atoms with Gasteiger partial charge in [-0.2, -0.15) is 0 Å². The second-order valence-corrected chi connectivity index (χ2v) is 3.64. The van der Waals surface area contributed by atoms with Crippen molar-refractivity contribution in [3.8, 4) is 0 Å². The van der Waals surface area contributed by atoms with Gasteiger partial charge in [0.2, 0.25) is 0 Å². The van der Waals surface area contributed by atoms with E-state index in [1.165, 1.54) is 0 Å². The van der Waals surface area contributed by atoms with E-state index in [1.54, 1.807) is 18.0 Å². The summed E-state index contributed by atoms with van der Waals surface area (Å²) < 4.78 is 6.61. The molecule has 0 fully saturated rings. The molecule has 0 aliphatic rings. The van der Waals surface area contributed by atoms with E-state index in [-0.39, 0.29) is 12.5 Å². The summed E-state index contributed by atoms with van der Waals surface area (Å²) in [5.74, 6) is -1.04. The van der Waals surface area contributed by atoms with Gasteiger partial charge in [0.15, 0.2) is 0 Å². The molecule has 7 nitrogen and oxygen atoms in total. The smallest absolute Gasteiger partial charge is 0.320 e. The van der Waals surface area contributed by atoms with E-state index in [0.29, 0.717) is 12.3 Å². The Morgan fingerprint density at radius 1 is 1.75 bits per heavy atom. The fourth-order valence-corrected chi connectivity index (χ4v) is 1.25. The van der Waals surface area contributed by atoms with Crippen LogP contribution < -0.4 is 5.73 Å². The lowest BCUT2D eigenvalue weighted by Crippen LogP contribution is -2.32. The third-order valence-electron chi connectivity index (χ3n) is 2.16. The molecule has 0 aromatic carbocycles. The first kappa shape index (κ1) is 12.6. The number of hydrogen-bond donors (Lipinski definition) is 2. The summed E-state index contributed by atoms with van der Waals surface area (Å²) in [6.45, 7) is 2.45. The van der Waals surface area contributed by atoms with Crippen molar-refractivity contribution in [3.63, 3.8) is 0 Å². The number of carbonyl (C=O) groups is 1. The molecule has 0 aliphatic carbocycles. The van der Waals surface area contributed by atoms with Crippen LogP contribution in [0.5, 0.6) is 0 Å². The molecule has 0 saturated heterocycles. The van der Waals surface area contributed by atoms with Gasteiger partial charge in [0.05, 0.1) is 18.3 Å². The molecule has 0 amide bonds. The van der Waals surface area contributed by atoms with Crippen LogP contribution in [0.1, 0.15) is 18.7 Å². The second kappa shape index (κ2) is 5.57. The molecule has 2 atom stereocenters. The van der Waals surface area contributed by atoms with E-state index in [9.17, 15) is 4.79 Å². The maximum absolute atomic E-state index is 10.5. The van der Waals surface area contributed by atoms with Crippen LogP contribution in [0.15, 0.2) is 6.20 Å². The van der Waals surface area contributed by atoms with Crippen LogP contribution in [0, 0.1) is 0 Å². The second-order valence-electron chi connectivity index (χ2n) is 3.64. The third kappa shape index (κ3) is 3.28. The number of nitrogens with two attached hydrogens (primary N) is 1. The van der Waals surface area contributed by atoms with Gasteiger partial charge in [-0.05, 0) is 6.92 Å². The number of rotatable bonds is 6. The number of ether oxygens (including phenoxy) is 1. The highest BCUT2D eigenvalue weighted by molar-refractivity contribution is 5.73. The quantitative estimate of drug-likeness (QED) is 0.676. The minimum Gasteiger partial charge on any atom is -0.480 e. The Bertz CT molecular complexity index is 352. The molecule has 0 saturated carbocycles. The van der Waals surface area contributed by atoms with Gasteiger partial charge in [-0.25, -0.2) is 4.68 Å². The normalized spacial score (nSPS) is 14.7. The highest BCUT2D eigenvalue weighted by Crippen LogP contribution is 2.05. The minimum absolute atomic E-state index is 0.0623. The first-order valence-electron chi connectivity index (χ1n) is 4.92. The largest absolute Gasteiger partial charge is 0.480 e. The van der Waals surface area contributed by atoms with E-state index in [1.807, 2.05) is 6.92 Å². The Balaban J connectivity index is 2.61. The Kier molecular flexibility index (Phi) is 4.39. The summed E-state index contributed by atoms with van der Waals surface area (Å²) in [5.41, 5.74) is 5.96. The number of hydrogen-bond acceptors (Lipinski definition) is 5. The fourth-order valence-electron chi connectivity index (χ4n) is 1.25. The summed E-state index contributed by atoms with van der Waals surface area (Å²) in [7, 11) is 1.61. The Hall–Kier alpha value is -1.47. The van der Waals surface area contributed by atoms with Crippen molar-refractivity contribution in [3.05, 3.63) is 11.9 Å². The lowest BCUT2D eigenvalue weighted by atomic mass is 10.2. The van der Waals surface area contributed by atoms with E-state index in [0.717, 1.165) is 0 Å². The molecule has 16 heavy (non-hydrogen) atoms. The third-order valence-corrected chi connectivity index (χ3v) is 2.16. The minimum atomic E-state index is -1.04. The number of carboxylic acids is 1. The van der Waals surface area contributed by atoms with Gasteiger partial charge < -0.3 is 15.6 Å². The Morgan fingerprint density at radius 3 is 3.00 bits per heavy atom. The van der Waals surface area contributed by atoms with E-state index in [4.69, 9.17) is 15.6 Å². The van der Waals surface area contributed by atoms with Gasteiger partial charge in [-0.3, -0.25) is 4.79 Å². The monoisotopic (exact) mass is 228 g/mol. The predicted octanol–water partition coefficient (Wildman–Crippen LogP) is -0.560. The maximum atomic E-state index is 10.5. The topological polar surface area (TPSA) is 103 Å². The van der Waals surface area contributed by atoms with E-state index in [2.05, 4.69) is 10.3 Å². The average Bonchev–Trinajstić information content (AvgIpc) is 2.66. The summed E-state index contributed by atoms with van der Waals surface area (Å²) >= 11 is 0. The van der Waals surface area contributed by atoms with Gasteiger partial charge in [0.1, 0.15) is 6.04 Å². The van der Waals surface area contributed by atoms with Gasteiger partial charge in [-0.15, -0.1) is 5.10 Å². The van der Waals surface area contributed by atoms with Crippen LogP contribution >= 0.6 is 0 Å². The summed E-state index contributed by atoms with van der Waals surface area (Å²) in [6.07, 6.45) is 1.86. The molecule has 0 radical (unpaired) electrons. The molecule has 1 rings (SSSR count). The van der Waals surface area contributed by atoms with Crippen LogP contribution in [-0.2, 0) is 16.0 Å². The molecule has 1 heterocycles. The predicted molar refractivity (Wildman–Crippen MR) is 55.9 cm³/mol. The van der Waals surface area contributed by atoms with Crippen molar-refractivity contribution >= 4 is 5.97 Å². The molecule has 7 heteroatoms.